The van der Waals surface area contributed by atoms with Gasteiger partial charge in [0.2, 0.25) is 0 Å². The molecule has 2 aliphatic carbocycles. The van der Waals surface area contributed by atoms with Crippen molar-refractivity contribution in [2.75, 3.05) is 7.11 Å². The van der Waals surface area contributed by atoms with Crippen LogP contribution in [0.25, 0.3) is 0 Å². The summed E-state index contributed by atoms with van der Waals surface area (Å²) >= 11 is 0. The molecule has 0 amide bonds. The van der Waals surface area contributed by atoms with Crippen LogP contribution in [0.5, 0.6) is 0 Å². The molecule has 3 nitrogen and oxygen atoms in total. The van der Waals surface area contributed by atoms with Crippen molar-refractivity contribution >= 4 is 9.84 Å². The number of methoxy groups -OCH3 is 1. The molecule has 18 heavy (non-hydrogen) atoms. The van der Waals surface area contributed by atoms with Crippen molar-refractivity contribution in [3.05, 3.63) is 0 Å². The summed E-state index contributed by atoms with van der Waals surface area (Å²) in [4.78, 5) is 0. The molecule has 0 radical (unpaired) electrons. The van der Waals surface area contributed by atoms with Crippen molar-refractivity contribution in [3.63, 3.8) is 0 Å². The Balaban J connectivity index is 1.56. The number of rotatable bonds is 3. The topological polar surface area (TPSA) is 15.7 Å². The van der Waals surface area contributed by atoms with E-state index in [2.05, 4.69) is 9.13 Å². The van der Waals surface area contributed by atoms with Crippen molar-refractivity contribution in [2.45, 2.75) is 82.6 Å². The lowest BCUT2D eigenvalue weighted by Gasteiger charge is -2.57. The fourth-order valence-corrected chi connectivity index (χ4v) is 6.37. The summed E-state index contributed by atoms with van der Waals surface area (Å²) in [7, 11) is 1.73. The van der Waals surface area contributed by atoms with Gasteiger partial charge in [-0.25, -0.2) is 0 Å². The van der Waals surface area contributed by atoms with Crippen molar-refractivity contribution in [3.8, 4) is 0 Å². The van der Waals surface area contributed by atoms with Gasteiger partial charge in [0.25, 0.3) is 0 Å². The summed E-state index contributed by atoms with van der Waals surface area (Å²) in [5.41, 5.74) is 0. The Morgan fingerprint density at radius 2 is 1.22 bits per heavy atom. The van der Waals surface area contributed by atoms with Gasteiger partial charge in [0.1, 0.15) is 0 Å². The fourth-order valence-electron chi connectivity index (χ4n) is 4.11. The first-order valence-electron chi connectivity index (χ1n) is 7.94. The molecule has 0 spiro atoms. The van der Waals surface area contributed by atoms with Gasteiger partial charge in [0.05, 0.1) is 0 Å². The van der Waals surface area contributed by atoms with Gasteiger partial charge in [-0.3, -0.25) is 9.13 Å². The highest BCUT2D eigenvalue weighted by atomic mass is 28.2. The Morgan fingerprint density at radius 3 is 1.61 bits per heavy atom. The predicted octanol–water partition coefficient (Wildman–Crippen LogP) is 2.20. The van der Waals surface area contributed by atoms with E-state index in [0.717, 1.165) is 12.1 Å². The largest absolute Gasteiger partial charge is 0.354 e. The zero-order valence-corrected chi connectivity index (χ0v) is 13.2. The van der Waals surface area contributed by atoms with E-state index < -0.39 is 0 Å². The molecule has 1 heterocycles. The van der Waals surface area contributed by atoms with Gasteiger partial charge < -0.3 is 4.74 Å². The van der Waals surface area contributed by atoms with Crippen LogP contribution in [-0.2, 0) is 4.74 Å². The Hall–Kier alpha value is 0.0969. The molecule has 0 bridgehead atoms. The summed E-state index contributed by atoms with van der Waals surface area (Å²) in [6.45, 7) is 0. The maximum absolute atomic E-state index is 5.80. The molecule has 2 saturated carbocycles. The van der Waals surface area contributed by atoms with E-state index in [1.54, 1.807) is 0 Å². The predicted molar refractivity (Wildman–Crippen MR) is 76.8 cm³/mol. The Labute approximate surface area is 114 Å². The number of ether oxygens (including phenoxy) is 1. The lowest BCUT2D eigenvalue weighted by Crippen LogP contribution is -2.72. The van der Waals surface area contributed by atoms with Crippen molar-refractivity contribution in [1.29, 1.82) is 0 Å². The molecule has 1 saturated heterocycles. The lowest BCUT2D eigenvalue weighted by molar-refractivity contribution is -0.150. The Kier molecular flexibility index (Phi) is 4.39. The molecule has 0 aromatic carbocycles. The zero-order chi connectivity index (χ0) is 12.4. The normalized spacial score (nSPS) is 34.8. The molecule has 0 unspecified atom stereocenters. The molecule has 0 aromatic heterocycles. The van der Waals surface area contributed by atoms with Gasteiger partial charge in [0.15, 0.2) is 16.2 Å². The molecular weight excluding hydrogens is 240 g/mol. The summed E-state index contributed by atoms with van der Waals surface area (Å²) in [6.07, 6.45) is 14.7. The quantitative estimate of drug-likeness (QED) is 0.730. The first-order chi connectivity index (χ1) is 8.90. The zero-order valence-electron chi connectivity index (χ0n) is 11.8. The third-order valence-corrected chi connectivity index (χ3v) is 7.50. The van der Waals surface area contributed by atoms with E-state index in [9.17, 15) is 0 Å². The van der Waals surface area contributed by atoms with E-state index in [-0.39, 0.29) is 9.84 Å². The highest BCUT2D eigenvalue weighted by molar-refractivity contribution is 6.32. The molecule has 3 rings (SSSR count). The summed E-state index contributed by atoms with van der Waals surface area (Å²) < 4.78 is 11.3. The van der Waals surface area contributed by atoms with Crippen molar-refractivity contribution in [2.24, 2.45) is 0 Å². The molecular formula is C14H28N2OSi. The second-order valence-electron chi connectivity index (χ2n) is 6.32. The minimum atomic E-state index is -0.174. The van der Waals surface area contributed by atoms with E-state index in [1.807, 2.05) is 7.11 Å². The maximum Gasteiger partial charge on any atom is 0.180 e. The van der Waals surface area contributed by atoms with E-state index in [4.69, 9.17) is 4.74 Å². The van der Waals surface area contributed by atoms with E-state index in [0.29, 0.717) is 6.35 Å². The molecule has 104 valence electrons. The number of hydrogen-bond acceptors (Lipinski definition) is 3. The monoisotopic (exact) mass is 268 g/mol. The minimum absolute atomic E-state index is 0.174. The van der Waals surface area contributed by atoms with Crippen molar-refractivity contribution in [1.82, 2.24) is 9.13 Å². The molecule has 4 heteroatoms. The van der Waals surface area contributed by atoms with E-state index in [1.165, 1.54) is 64.2 Å². The first kappa shape index (κ1) is 13.1. The van der Waals surface area contributed by atoms with Crippen LogP contribution in [0.3, 0.4) is 0 Å². The van der Waals surface area contributed by atoms with Crippen LogP contribution in [0.4, 0.5) is 0 Å². The van der Waals surface area contributed by atoms with Crippen LogP contribution >= 0.6 is 0 Å². The second kappa shape index (κ2) is 6.03. The summed E-state index contributed by atoms with van der Waals surface area (Å²) in [5.74, 6) is 0. The van der Waals surface area contributed by atoms with Crippen molar-refractivity contribution < 1.29 is 4.74 Å². The molecule has 0 aromatic rings. The highest BCUT2D eigenvalue weighted by Gasteiger charge is 2.44. The van der Waals surface area contributed by atoms with Gasteiger partial charge in [-0.15, -0.1) is 0 Å². The molecule has 1 aliphatic heterocycles. The van der Waals surface area contributed by atoms with Crippen LogP contribution in [0.1, 0.15) is 64.2 Å². The SMILES string of the molecule is COC1N(C2CCCCC2)[SiH2]N1C1CCCCC1. The van der Waals surface area contributed by atoms with Gasteiger partial charge in [-0.1, -0.05) is 38.5 Å². The van der Waals surface area contributed by atoms with Crippen LogP contribution in [0.15, 0.2) is 0 Å². The van der Waals surface area contributed by atoms with Gasteiger partial charge >= 0.3 is 0 Å². The van der Waals surface area contributed by atoms with E-state index >= 15 is 0 Å². The Bertz CT molecular complexity index is 241. The number of nitrogens with zero attached hydrogens (tertiary/aromatic N) is 2. The smallest absolute Gasteiger partial charge is 0.180 e. The highest BCUT2D eigenvalue weighted by Crippen LogP contribution is 2.34. The van der Waals surface area contributed by atoms with Gasteiger partial charge in [-0.05, 0) is 25.7 Å². The van der Waals surface area contributed by atoms with Crippen LogP contribution in [0, 0.1) is 0 Å². The average molecular weight is 268 g/mol. The third kappa shape index (κ3) is 2.53. The molecule has 3 aliphatic rings. The Morgan fingerprint density at radius 1 is 0.778 bits per heavy atom. The summed E-state index contributed by atoms with van der Waals surface area (Å²) in [5, 5.41) is 0. The standard InChI is InChI=1S/C14H28N2OSi/c1-17-14-15(12-8-4-2-5-9-12)18-16(14)13-10-6-3-7-11-13/h12-14H,2-11,18H2,1H3. The van der Waals surface area contributed by atoms with Crippen LogP contribution in [-0.4, -0.2) is 44.5 Å². The lowest BCUT2D eigenvalue weighted by atomic mass is 9.94. The van der Waals surface area contributed by atoms with Crippen LogP contribution in [0.2, 0.25) is 0 Å². The summed E-state index contributed by atoms with van der Waals surface area (Å²) in [6, 6.07) is 1.71. The fraction of sp³-hybridized carbons (Fsp3) is 1.00. The average Bonchev–Trinajstić information content (AvgIpc) is 2.41. The molecule has 0 N–H and O–H groups in total. The number of hydrogen-bond donors (Lipinski definition) is 0. The minimum Gasteiger partial charge on any atom is -0.354 e. The molecule has 3 fully saturated rings. The first-order valence-corrected chi connectivity index (χ1v) is 9.21. The third-order valence-electron chi connectivity index (χ3n) is 5.19. The van der Waals surface area contributed by atoms with Gasteiger partial charge in [0, 0.05) is 19.2 Å². The van der Waals surface area contributed by atoms with Gasteiger partial charge in [-0.2, -0.15) is 0 Å². The van der Waals surface area contributed by atoms with Crippen LogP contribution < -0.4 is 0 Å². The second-order valence-corrected chi connectivity index (χ2v) is 8.06. The maximum atomic E-state index is 5.80. The molecule has 0 atom stereocenters.